The van der Waals surface area contributed by atoms with Gasteiger partial charge in [-0.1, -0.05) is 0 Å². The maximum absolute atomic E-state index is 4.24. The van der Waals surface area contributed by atoms with E-state index in [4.69, 9.17) is 0 Å². The third-order valence-electron chi connectivity index (χ3n) is 2.17. The summed E-state index contributed by atoms with van der Waals surface area (Å²) in [6.45, 7) is 2.84. The summed E-state index contributed by atoms with van der Waals surface area (Å²) in [6, 6.07) is 4.22. The first-order valence-electron chi connectivity index (χ1n) is 5.01. The van der Waals surface area contributed by atoms with Crippen LogP contribution in [0.15, 0.2) is 28.3 Å². The Bertz CT molecular complexity index is 470. The zero-order valence-electron chi connectivity index (χ0n) is 8.90. The molecule has 0 bridgehead atoms. The number of nitrogens with zero attached hydrogens (tertiary/aromatic N) is 2. The van der Waals surface area contributed by atoms with Crippen LogP contribution in [0.1, 0.15) is 10.6 Å². The van der Waals surface area contributed by atoms with Gasteiger partial charge < -0.3 is 5.32 Å². The average molecular weight is 298 g/mol. The van der Waals surface area contributed by atoms with Crippen LogP contribution in [0, 0.1) is 6.92 Å². The largest absolute Gasteiger partial charge is 0.368 e. The van der Waals surface area contributed by atoms with E-state index in [1.165, 1.54) is 8.66 Å². The molecule has 0 spiro atoms. The van der Waals surface area contributed by atoms with Crippen LogP contribution in [-0.2, 0) is 6.42 Å². The van der Waals surface area contributed by atoms with E-state index in [0.717, 1.165) is 24.5 Å². The molecule has 0 fully saturated rings. The Labute approximate surface area is 107 Å². The van der Waals surface area contributed by atoms with E-state index in [0.29, 0.717) is 0 Å². The average Bonchev–Trinajstić information content (AvgIpc) is 2.67. The van der Waals surface area contributed by atoms with Gasteiger partial charge in [-0.05, 0) is 41.4 Å². The number of hydrogen-bond acceptors (Lipinski definition) is 4. The molecule has 0 amide bonds. The van der Waals surface area contributed by atoms with Gasteiger partial charge in [-0.25, -0.2) is 4.98 Å². The first-order chi connectivity index (χ1) is 7.75. The monoisotopic (exact) mass is 297 g/mol. The molecule has 2 aromatic heterocycles. The molecule has 0 saturated heterocycles. The van der Waals surface area contributed by atoms with Gasteiger partial charge in [-0.3, -0.25) is 4.98 Å². The van der Waals surface area contributed by atoms with E-state index in [2.05, 4.69) is 43.3 Å². The van der Waals surface area contributed by atoms with Crippen molar-refractivity contribution in [2.45, 2.75) is 13.3 Å². The summed E-state index contributed by atoms with van der Waals surface area (Å²) in [6.07, 6.45) is 4.42. The fourth-order valence-electron chi connectivity index (χ4n) is 1.37. The molecule has 0 atom stereocenters. The summed E-state index contributed by atoms with van der Waals surface area (Å²) in [5, 5.41) is 3.29. The minimum atomic E-state index is 0.873. The highest BCUT2D eigenvalue weighted by Crippen LogP contribution is 2.22. The van der Waals surface area contributed by atoms with Crippen LogP contribution in [0.2, 0.25) is 0 Å². The molecule has 3 nitrogen and oxygen atoms in total. The van der Waals surface area contributed by atoms with Crippen molar-refractivity contribution in [2.24, 2.45) is 0 Å². The van der Waals surface area contributed by atoms with Gasteiger partial charge in [0, 0.05) is 23.8 Å². The molecule has 2 rings (SSSR count). The summed E-state index contributed by atoms with van der Waals surface area (Å²) in [5.41, 5.74) is 0.940. The van der Waals surface area contributed by atoms with E-state index >= 15 is 0 Å². The lowest BCUT2D eigenvalue weighted by Gasteiger charge is -2.05. The molecule has 0 aliphatic carbocycles. The Balaban J connectivity index is 1.87. The smallest absolute Gasteiger partial charge is 0.147 e. The zero-order valence-corrected chi connectivity index (χ0v) is 11.3. The standard InChI is InChI=1S/C11H12BrN3S/c1-8-11(15-7-6-13-8)14-5-4-9-2-3-10(12)16-9/h2-3,6-7H,4-5H2,1H3,(H,14,15). The van der Waals surface area contributed by atoms with Crippen LogP contribution in [0.3, 0.4) is 0 Å². The molecule has 16 heavy (non-hydrogen) atoms. The maximum atomic E-state index is 4.24. The quantitative estimate of drug-likeness (QED) is 0.941. The normalized spacial score (nSPS) is 10.4. The number of hydrogen-bond donors (Lipinski definition) is 1. The lowest BCUT2D eigenvalue weighted by molar-refractivity contribution is 1.00. The number of aromatic nitrogens is 2. The SMILES string of the molecule is Cc1nccnc1NCCc1ccc(Br)s1. The number of nitrogens with one attached hydrogen (secondary N) is 1. The number of anilines is 1. The van der Waals surface area contributed by atoms with Crippen molar-refractivity contribution in [3.05, 3.63) is 38.9 Å². The first kappa shape index (κ1) is 11.5. The Hall–Kier alpha value is -0.940. The van der Waals surface area contributed by atoms with Crippen LogP contribution >= 0.6 is 27.3 Å². The van der Waals surface area contributed by atoms with E-state index in [9.17, 15) is 0 Å². The van der Waals surface area contributed by atoms with Gasteiger partial charge in [0.1, 0.15) is 5.82 Å². The summed E-state index contributed by atoms with van der Waals surface area (Å²) < 4.78 is 1.18. The molecule has 2 heterocycles. The molecule has 0 unspecified atom stereocenters. The summed E-state index contributed by atoms with van der Waals surface area (Å²) in [7, 11) is 0. The van der Waals surface area contributed by atoms with Crippen LogP contribution in [0.5, 0.6) is 0 Å². The molecule has 0 aromatic carbocycles. The van der Waals surface area contributed by atoms with E-state index in [1.54, 1.807) is 23.7 Å². The third kappa shape index (κ3) is 3.02. The van der Waals surface area contributed by atoms with Gasteiger partial charge in [0.05, 0.1) is 9.48 Å². The number of aryl methyl sites for hydroxylation is 1. The topological polar surface area (TPSA) is 37.8 Å². The Morgan fingerprint density at radius 3 is 2.81 bits per heavy atom. The third-order valence-corrected chi connectivity index (χ3v) is 3.86. The van der Waals surface area contributed by atoms with Gasteiger partial charge in [-0.15, -0.1) is 11.3 Å². The molecule has 1 N–H and O–H groups in total. The number of thiophene rings is 1. The van der Waals surface area contributed by atoms with Crippen LogP contribution in [0.25, 0.3) is 0 Å². The van der Waals surface area contributed by atoms with Gasteiger partial charge in [-0.2, -0.15) is 0 Å². The highest BCUT2D eigenvalue weighted by atomic mass is 79.9. The molecular weight excluding hydrogens is 286 g/mol. The predicted molar refractivity (Wildman–Crippen MR) is 71.0 cm³/mol. The second kappa shape index (κ2) is 5.41. The van der Waals surface area contributed by atoms with Gasteiger partial charge in [0.15, 0.2) is 0 Å². The summed E-state index contributed by atoms with van der Waals surface area (Å²) in [4.78, 5) is 9.78. The summed E-state index contributed by atoms with van der Waals surface area (Å²) >= 11 is 5.22. The molecule has 5 heteroatoms. The fraction of sp³-hybridized carbons (Fsp3) is 0.273. The van der Waals surface area contributed by atoms with Crippen molar-refractivity contribution in [2.75, 3.05) is 11.9 Å². The molecule has 84 valence electrons. The number of halogens is 1. The van der Waals surface area contributed by atoms with Gasteiger partial charge in [0.2, 0.25) is 0 Å². The molecule has 0 aliphatic rings. The number of rotatable bonds is 4. The van der Waals surface area contributed by atoms with Crippen LogP contribution in [0.4, 0.5) is 5.82 Å². The van der Waals surface area contributed by atoms with Gasteiger partial charge in [0.25, 0.3) is 0 Å². The van der Waals surface area contributed by atoms with Crippen molar-refractivity contribution in [1.82, 2.24) is 9.97 Å². The lowest BCUT2D eigenvalue weighted by Crippen LogP contribution is -2.07. The first-order valence-corrected chi connectivity index (χ1v) is 6.62. The fourth-order valence-corrected chi connectivity index (χ4v) is 2.85. The predicted octanol–water partition coefficient (Wildman–Crippen LogP) is 3.26. The minimum Gasteiger partial charge on any atom is -0.368 e. The maximum Gasteiger partial charge on any atom is 0.147 e. The van der Waals surface area contributed by atoms with Gasteiger partial charge >= 0.3 is 0 Å². The second-order valence-corrected chi connectivity index (χ2v) is 5.92. The Kier molecular flexibility index (Phi) is 3.90. The van der Waals surface area contributed by atoms with Crippen molar-refractivity contribution in [3.63, 3.8) is 0 Å². The summed E-state index contributed by atoms with van der Waals surface area (Å²) in [5.74, 6) is 0.873. The van der Waals surface area contributed by atoms with Crippen molar-refractivity contribution < 1.29 is 0 Å². The Morgan fingerprint density at radius 1 is 1.31 bits per heavy atom. The molecule has 0 saturated carbocycles. The van der Waals surface area contributed by atoms with Crippen LogP contribution < -0.4 is 5.32 Å². The lowest BCUT2D eigenvalue weighted by atomic mass is 10.3. The van der Waals surface area contributed by atoms with E-state index in [1.807, 2.05) is 6.92 Å². The van der Waals surface area contributed by atoms with E-state index in [-0.39, 0.29) is 0 Å². The highest BCUT2D eigenvalue weighted by molar-refractivity contribution is 9.11. The molecule has 0 aliphatic heterocycles. The molecule has 2 aromatic rings. The Morgan fingerprint density at radius 2 is 2.12 bits per heavy atom. The van der Waals surface area contributed by atoms with Crippen LogP contribution in [-0.4, -0.2) is 16.5 Å². The molecule has 0 radical (unpaired) electrons. The minimum absolute atomic E-state index is 0.873. The van der Waals surface area contributed by atoms with Crippen molar-refractivity contribution in [1.29, 1.82) is 0 Å². The molecular formula is C11H12BrN3S. The zero-order chi connectivity index (χ0) is 11.4. The van der Waals surface area contributed by atoms with E-state index < -0.39 is 0 Å². The second-order valence-electron chi connectivity index (χ2n) is 3.37. The highest BCUT2D eigenvalue weighted by Gasteiger charge is 2.00. The van der Waals surface area contributed by atoms with Crippen molar-refractivity contribution >= 4 is 33.1 Å². The van der Waals surface area contributed by atoms with Crippen molar-refractivity contribution in [3.8, 4) is 0 Å².